The molecule has 1 aromatic rings. The SMILES string of the molecule is C=Cc1cccc(COC(=O)C(C)(C)CC)c1. The second-order valence-corrected chi connectivity index (χ2v) is 4.76. The fraction of sp³-hybridized carbons (Fsp3) is 0.400. The Hall–Kier alpha value is -1.57. The van der Waals surface area contributed by atoms with E-state index in [4.69, 9.17) is 4.74 Å². The molecule has 0 aliphatic heterocycles. The van der Waals surface area contributed by atoms with Gasteiger partial charge in [-0.25, -0.2) is 0 Å². The highest BCUT2D eigenvalue weighted by Crippen LogP contribution is 2.22. The maximum Gasteiger partial charge on any atom is 0.311 e. The van der Waals surface area contributed by atoms with E-state index in [0.29, 0.717) is 6.61 Å². The van der Waals surface area contributed by atoms with Crippen molar-refractivity contribution in [2.75, 3.05) is 0 Å². The topological polar surface area (TPSA) is 26.3 Å². The van der Waals surface area contributed by atoms with Crippen molar-refractivity contribution in [2.45, 2.75) is 33.8 Å². The van der Waals surface area contributed by atoms with Gasteiger partial charge in [0.1, 0.15) is 6.61 Å². The molecule has 0 radical (unpaired) electrons. The molecule has 0 N–H and O–H groups in total. The summed E-state index contributed by atoms with van der Waals surface area (Å²) >= 11 is 0. The van der Waals surface area contributed by atoms with Crippen LogP contribution in [0.5, 0.6) is 0 Å². The zero-order valence-electron chi connectivity index (χ0n) is 10.8. The van der Waals surface area contributed by atoms with E-state index in [0.717, 1.165) is 17.5 Å². The highest BCUT2D eigenvalue weighted by molar-refractivity contribution is 5.75. The van der Waals surface area contributed by atoms with Crippen molar-refractivity contribution in [1.82, 2.24) is 0 Å². The Kier molecular flexibility index (Phi) is 4.50. The Morgan fingerprint density at radius 3 is 2.76 bits per heavy atom. The molecule has 0 aromatic heterocycles. The summed E-state index contributed by atoms with van der Waals surface area (Å²) in [5.74, 6) is -0.149. The maximum atomic E-state index is 11.8. The van der Waals surface area contributed by atoms with E-state index in [9.17, 15) is 4.79 Å². The zero-order chi connectivity index (χ0) is 12.9. The van der Waals surface area contributed by atoms with Gasteiger partial charge in [-0.05, 0) is 37.5 Å². The van der Waals surface area contributed by atoms with Crippen LogP contribution < -0.4 is 0 Å². The van der Waals surface area contributed by atoms with Gasteiger partial charge in [0.15, 0.2) is 0 Å². The number of hydrogen-bond donors (Lipinski definition) is 0. The third kappa shape index (κ3) is 3.74. The number of carbonyl (C=O) groups is 1. The Bertz CT molecular complexity index is 405. The van der Waals surface area contributed by atoms with Crippen LogP contribution in [0.3, 0.4) is 0 Å². The van der Waals surface area contributed by atoms with Crippen LogP contribution in [0.2, 0.25) is 0 Å². The van der Waals surface area contributed by atoms with Crippen molar-refractivity contribution < 1.29 is 9.53 Å². The number of ether oxygens (including phenoxy) is 1. The van der Waals surface area contributed by atoms with Gasteiger partial charge in [0.05, 0.1) is 5.41 Å². The van der Waals surface area contributed by atoms with Gasteiger partial charge in [-0.1, -0.05) is 37.8 Å². The molecule has 1 aromatic carbocycles. The third-order valence-electron chi connectivity index (χ3n) is 2.99. The molecule has 2 nitrogen and oxygen atoms in total. The molecule has 0 bridgehead atoms. The van der Waals surface area contributed by atoms with Crippen LogP contribution in [-0.2, 0) is 16.1 Å². The molecule has 0 saturated carbocycles. The van der Waals surface area contributed by atoms with Crippen LogP contribution in [-0.4, -0.2) is 5.97 Å². The van der Waals surface area contributed by atoms with Gasteiger partial charge in [0.2, 0.25) is 0 Å². The second kappa shape index (κ2) is 5.67. The van der Waals surface area contributed by atoms with Gasteiger partial charge >= 0.3 is 5.97 Å². The van der Waals surface area contributed by atoms with Gasteiger partial charge in [0, 0.05) is 0 Å². The third-order valence-corrected chi connectivity index (χ3v) is 2.99. The predicted molar refractivity (Wildman–Crippen MR) is 70.4 cm³/mol. The average molecular weight is 232 g/mol. The molecule has 1 rings (SSSR count). The number of benzene rings is 1. The van der Waals surface area contributed by atoms with Crippen LogP contribution in [0, 0.1) is 5.41 Å². The molecule has 0 spiro atoms. The summed E-state index contributed by atoms with van der Waals surface area (Å²) in [5, 5.41) is 0. The van der Waals surface area contributed by atoms with Crippen LogP contribution >= 0.6 is 0 Å². The highest BCUT2D eigenvalue weighted by Gasteiger charge is 2.26. The second-order valence-electron chi connectivity index (χ2n) is 4.76. The number of carbonyl (C=O) groups excluding carboxylic acids is 1. The molecular weight excluding hydrogens is 212 g/mol. The molecule has 0 aliphatic rings. The summed E-state index contributed by atoms with van der Waals surface area (Å²) in [4.78, 5) is 11.8. The van der Waals surface area contributed by atoms with E-state index < -0.39 is 5.41 Å². The van der Waals surface area contributed by atoms with Crippen LogP contribution in [0.15, 0.2) is 30.8 Å². The fourth-order valence-electron chi connectivity index (χ4n) is 1.30. The van der Waals surface area contributed by atoms with Gasteiger partial charge in [-0.2, -0.15) is 0 Å². The Morgan fingerprint density at radius 2 is 2.18 bits per heavy atom. The summed E-state index contributed by atoms with van der Waals surface area (Å²) in [6.45, 7) is 9.82. The smallest absolute Gasteiger partial charge is 0.311 e. The molecule has 2 heteroatoms. The molecule has 92 valence electrons. The van der Waals surface area contributed by atoms with Gasteiger partial charge in [-0.15, -0.1) is 0 Å². The largest absolute Gasteiger partial charge is 0.460 e. The lowest BCUT2D eigenvalue weighted by atomic mass is 9.91. The minimum Gasteiger partial charge on any atom is -0.460 e. The van der Waals surface area contributed by atoms with Gasteiger partial charge < -0.3 is 4.74 Å². The van der Waals surface area contributed by atoms with Crippen molar-refractivity contribution in [1.29, 1.82) is 0 Å². The Balaban J connectivity index is 2.61. The molecule has 0 unspecified atom stereocenters. The normalized spacial score (nSPS) is 11.0. The lowest BCUT2D eigenvalue weighted by Crippen LogP contribution is -2.25. The summed E-state index contributed by atoms with van der Waals surface area (Å²) in [5.41, 5.74) is 1.62. The first-order valence-corrected chi connectivity index (χ1v) is 5.88. The fourth-order valence-corrected chi connectivity index (χ4v) is 1.30. The minimum atomic E-state index is -0.407. The van der Waals surface area contributed by atoms with E-state index in [1.807, 2.05) is 45.0 Å². The van der Waals surface area contributed by atoms with E-state index in [1.54, 1.807) is 6.08 Å². The number of esters is 1. The zero-order valence-corrected chi connectivity index (χ0v) is 10.8. The van der Waals surface area contributed by atoms with Crippen molar-refractivity contribution >= 4 is 12.0 Å². The summed E-state index contributed by atoms with van der Waals surface area (Å²) in [6, 6.07) is 7.82. The first-order chi connectivity index (χ1) is 7.99. The Labute approximate surface area is 103 Å². The van der Waals surface area contributed by atoms with E-state index in [-0.39, 0.29) is 5.97 Å². The Morgan fingerprint density at radius 1 is 1.47 bits per heavy atom. The molecule has 17 heavy (non-hydrogen) atoms. The summed E-state index contributed by atoms with van der Waals surface area (Å²) in [7, 11) is 0. The van der Waals surface area contributed by atoms with E-state index in [1.165, 1.54) is 0 Å². The van der Waals surface area contributed by atoms with E-state index in [2.05, 4.69) is 6.58 Å². The first-order valence-electron chi connectivity index (χ1n) is 5.88. The molecule has 0 saturated heterocycles. The first kappa shape index (κ1) is 13.5. The van der Waals surface area contributed by atoms with Gasteiger partial charge in [0.25, 0.3) is 0 Å². The average Bonchev–Trinajstić information content (AvgIpc) is 2.36. The van der Waals surface area contributed by atoms with Crippen molar-refractivity contribution in [3.63, 3.8) is 0 Å². The van der Waals surface area contributed by atoms with Crippen molar-refractivity contribution in [3.05, 3.63) is 42.0 Å². The van der Waals surface area contributed by atoms with Crippen molar-refractivity contribution in [2.24, 2.45) is 5.41 Å². The minimum absolute atomic E-state index is 0.149. The number of rotatable bonds is 5. The molecule has 0 heterocycles. The summed E-state index contributed by atoms with van der Waals surface area (Å²) in [6.07, 6.45) is 2.56. The van der Waals surface area contributed by atoms with Gasteiger partial charge in [-0.3, -0.25) is 4.79 Å². The standard InChI is InChI=1S/C15H20O2/c1-5-12-8-7-9-13(10-12)11-17-14(16)15(3,4)6-2/h5,7-10H,1,6,11H2,2-4H3. The van der Waals surface area contributed by atoms with Crippen LogP contribution in [0.1, 0.15) is 38.3 Å². The maximum absolute atomic E-state index is 11.8. The molecule has 0 atom stereocenters. The van der Waals surface area contributed by atoms with Crippen LogP contribution in [0.4, 0.5) is 0 Å². The molecular formula is C15H20O2. The number of hydrogen-bond acceptors (Lipinski definition) is 2. The monoisotopic (exact) mass is 232 g/mol. The van der Waals surface area contributed by atoms with E-state index >= 15 is 0 Å². The van der Waals surface area contributed by atoms with Crippen LogP contribution in [0.25, 0.3) is 6.08 Å². The summed E-state index contributed by atoms with van der Waals surface area (Å²) < 4.78 is 5.31. The predicted octanol–water partition coefficient (Wildman–Crippen LogP) is 3.81. The lowest BCUT2D eigenvalue weighted by Gasteiger charge is -2.20. The lowest BCUT2D eigenvalue weighted by molar-refractivity contribution is -0.155. The molecule has 0 amide bonds. The van der Waals surface area contributed by atoms with Crippen molar-refractivity contribution in [3.8, 4) is 0 Å². The molecule has 0 aliphatic carbocycles. The quantitative estimate of drug-likeness (QED) is 0.722. The molecule has 0 fully saturated rings. The highest BCUT2D eigenvalue weighted by atomic mass is 16.5.